The van der Waals surface area contributed by atoms with Crippen LogP contribution in [0.15, 0.2) is 30.7 Å². The predicted octanol–water partition coefficient (Wildman–Crippen LogP) is 1.96. The minimum Gasteiger partial charge on any atom is -0.366 e. The number of pyridine rings is 1. The van der Waals surface area contributed by atoms with E-state index in [4.69, 9.17) is 5.26 Å². The molecule has 1 N–H and O–H groups in total. The molecule has 18 heavy (non-hydrogen) atoms. The zero-order chi connectivity index (χ0) is 13.0. The van der Waals surface area contributed by atoms with Crippen molar-refractivity contribution in [3.05, 3.63) is 41.9 Å². The highest BCUT2D eigenvalue weighted by Crippen LogP contribution is 2.07. The molecule has 1 atom stereocenters. The molecule has 5 nitrogen and oxygen atoms in total. The third-order valence-corrected chi connectivity index (χ3v) is 2.51. The molecule has 0 saturated carbocycles. The van der Waals surface area contributed by atoms with Gasteiger partial charge in [-0.1, -0.05) is 0 Å². The average molecular weight is 241 g/mol. The Morgan fingerprint density at radius 1 is 1.44 bits per heavy atom. The second-order valence-electron chi connectivity index (χ2n) is 4.33. The van der Waals surface area contributed by atoms with E-state index in [0.717, 1.165) is 17.9 Å². The summed E-state index contributed by atoms with van der Waals surface area (Å²) >= 11 is 0. The number of rotatable bonds is 4. The number of nitriles is 1. The van der Waals surface area contributed by atoms with Gasteiger partial charge in [0.15, 0.2) is 0 Å². The summed E-state index contributed by atoms with van der Waals surface area (Å²) in [5.41, 5.74) is 1.72. The summed E-state index contributed by atoms with van der Waals surface area (Å²) in [6.07, 6.45) is 5.41. The third kappa shape index (κ3) is 3.08. The third-order valence-electron chi connectivity index (χ3n) is 2.51. The monoisotopic (exact) mass is 241 g/mol. The van der Waals surface area contributed by atoms with Crippen LogP contribution in [0.3, 0.4) is 0 Å². The lowest BCUT2D eigenvalue weighted by Gasteiger charge is -2.14. The van der Waals surface area contributed by atoms with Crippen LogP contribution in [0.4, 0.5) is 5.82 Å². The van der Waals surface area contributed by atoms with Gasteiger partial charge in [-0.25, -0.2) is 4.98 Å². The van der Waals surface area contributed by atoms with E-state index in [-0.39, 0.29) is 6.04 Å². The lowest BCUT2D eigenvalue weighted by molar-refractivity contribution is 0.559. The molecule has 2 heterocycles. The lowest BCUT2D eigenvalue weighted by Crippen LogP contribution is -2.22. The first-order valence-corrected chi connectivity index (χ1v) is 5.79. The molecule has 0 amide bonds. The number of nitrogens with one attached hydrogen (secondary N) is 1. The van der Waals surface area contributed by atoms with Crippen LogP contribution in [-0.2, 0) is 6.54 Å². The molecule has 0 aliphatic rings. The average Bonchev–Trinajstić information content (AvgIpc) is 2.75. The second-order valence-corrected chi connectivity index (χ2v) is 4.33. The molecule has 0 bridgehead atoms. The van der Waals surface area contributed by atoms with E-state index in [2.05, 4.69) is 22.3 Å². The van der Waals surface area contributed by atoms with Gasteiger partial charge in [-0.05, 0) is 31.5 Å². The predicted molar refractivity (Wildman–Crippen MR) is 69.0 cm³/mol. The first-order valence-electron chi connectivity index (χ1n) is 5.79. The van der Waals surface area contributed by atoms with Crippen molar-refractivity contribution in [3.8, 4) is 6.07 Å². The normalized spacial score (nSPS) is 11.8. The number of hydrogen-bond acceptors (Lipinski definition) is 4. The first kappa shape index (κ1) is 12.1. The SMILES string of the molecule is Cc1cnn(C[C@@H](C)Nc2ccc(C#N)cn2)c1. The van der Waals surface area contributed by atoms with Crippen LogP contribution in [-0.4, -0.2) is 20.8 Å². The van der Waals surface area contributed by atoms with E-state index in [1.807, 2.05) is 36.1 Å². The number of anilines is 1. The Bertz CT molecular complexity index is 550. The van der Waals surface area contributed by atoms with Crippen LogP contribution in [0.2, 0.25) is 0 Å². The van der Waals surface area contributed by atoms with Crippen LogP contribution >= 0.6 is 0 Å². The molecule has 0 unspecified atom stereocenters. The van der Waals surface area contributed by atoms with E-state index >= 15 is 0 Å². The van der Waals surface area contributed by atoms with Crippen LogP contribution in [0, 0.1) is 18.3 Å². The topological polar surface area (TPSA) is 66.5 Å². The molecule has 2 aromatic heterocycles. The Hall–Kier alpha value is -2.35. The van der Waals surface area contributed by atoms with E-state index in [1.165, 1.54) is 0 Å². The summed E-state index contributed by atoms with van der Waals surface area (Å²) in [6.45, 7) is 4.86. The zero-order valence-corrected chi connectivity index (χ0v) is 10.5. The minimum atomic E-state index is 0.213. The van der Waals surface area contributed by atoms with Crippen LogP contribution in [0.1, 0.15) is 18.1 Å². The Morgan fingerprint density at radius 3 is 2.83 bits per heavy atom. The smallest absolute Gasteiger partial charge is 0.126 e. The van der Waals surface area contributed by atoms with E-state index in [1.54, 1.807) is 12.3 Å². The van der Waals surface area contributed by atoms with Crippen molar-refractivity contribution >= 4 is 5.82 Å². The Labute approximate surface area is 106 Å². The highest BCUT2D eigenvalue weighted by molar-refractivity contribution is 5.39. The largest absolute Gasteiger partial charge is 0.366 e. The maximum absolute atomic E-state index is 8.69. The van der Waals surface area contributed by atoms with Crippen LogP contribution in [0.5, 0.6) is 0 Å². The fraction of sp³-hybridized carbons (Fsp3) is 0.308. The van der Waals surface area contributed by atoms with Gasteiger partial charge < -0.3 is 5.32 Å². The lowest BCUT2D eigenvalue weighted by atomic mass is 10.3. The summed E-state index contributed by atoms with van der Waals surface area (Å²) in [5, 5.41) is 16.2. The number of aryl methyl sites for hydroxylation is 1. The Balaban J connectivity index is 1.94. The summed E-state index contributed by atoms with van der Waals surface area (Å²) < 4.78 is 1.90. The van der Waals surface area contributed by atoms with E-state index < -0.39 is 0 Å². The highest BCUT2D eigenvalue weighted by Gasteiger charge is 2.04. The maximum atomic E-state index is 8.69. The molecule has 2 aromatic rings. The van der Waals surface area contributed by atoms with Gasteiger partial charge in [0.05, 0.1) is 18.3 Å². The minimum absolute atomic E-state index is 0.213. The zero-order valence-electron chi connectivity index (χ0n) is 10.5. The van der Waals surface area contributed by atoms with Gasteiger partial charge in [-0.2, -0.15) is 10.4 Å². The van der Waals surface area contributed by atoms with Crippen molar-refractivity contribution in [1.82, 2.24) is 14.8 Å². The summed E-state index contributed by atoms with van der Waals surface area (Å²) in [7, 11) is 0. The summed E-state index contributed by atoms with van der Waals surface area (Å²) in [4.78, 5) is 4.17. The van der Waals surface area contributed by atoms with Crippen molar-refractivity contribution in [1.29, 1.82) is 5.26 Å². The maximum Gasteiger partial charge on any atom is 0.126 e. The van der Waals surface area contributed by atoms with Crippen molar-refractivity contribution in [2.45, 2.75) is 26.4 Å². The van der Waals surface area contributed by atoms with E-state index in [0.29, 0.717) is 5.56 Å². The Morgan fingerprint density at radius 2 is 2.28 bits per heavy atom. The molecular weight excluding hydrogens is 226 g/mol. The fourth-order valence-corrected chi connectivity index (χ4v) is 1.69. The Kier molecular flexibility index (Phi) is 3.58. The standard InChI is InChI=1S/C13H15N5/c1-10-6-16-18(8-10)9-11(2)17-13-4-3-12(5-14)7-15-13/h3-4,6-8,11H,9H2,1-2H3,(H,15,17)/t11-/m1/s1. The molecule has 0 fully saturated rings. The molecule has 0 aliphatic carbocycles. The fourth-order valence-electron chi connectivity index (χ4n) is 1.69. The van der Waals surface area contributed by atoms with Gasteiger partial charge in [0.25, 0.3) is 0 Å². The molecule has 5 heteroatoms. The van der Waals surface area contributed by atoms with Crippen molar-refractivity contribution in [2.24, 2.45) is 0 Å². The van der Waals surface area contributed by atoms with Gasteiger partial charge in [0, 0.05) is 18.4 Å². The van der Waals surface area contributed by atoms with E-state index in [9.17, 15) is 0 Å². The van der Waals surface area contributed by atoms with Crippen molar-refractivity contribution < 1.29 is 0 Å². The molecule has 92 valence electrons. The molecule has 0 aliphatic heterocycles. The van der Waals surface area contributed by atoms with Gasteiger partial charge in [-0.15, -0.1) is 0 Å². The number of nitrogens with zero attached hydrogens (tertiary/aromatic N) is 4. The molecule has 2 rings (SSSR count). The van der Waals surface area contributed by atoms with Crippen LogP contribution in [0.25, 0.3) is 0 Å². The molecule has 0 aromatic carbocycles. The molecular formula is C13H15N5. The second kappa shape index (κ2) is 5.32. The first-order chi connectivity index (χ1) is 8.67. The summed E-state index contributed by atoms with van der Waals surface area (Å²) in [6, 6.07) is 5.82. The van der Waals surface area contributed by atoms with Gasteiger partial charge in [0.2, 0.25) is 0 Å². The van der Waals surface area contributed by atoms with Crippen molar-refractivity contribution in [3.63, 3.8) is 0 Å². The highest BCUT2D eigenvalue weighted by atomic mass is 15.3. The number of aromatic nitrogens is 3. The quantitative estimate of drug-likeness (QED) is 0.888. The van der Waals surface area contributed by atoms with Gasteiger partial charge in [-0.3, -0.25) is 4.68 Å². The van der Waals surface area contributed by atoms with Crippen molar-refractivity contribution in [2.75, 3.05) is 5.32 Å². The summed E-state index contributed by atoms with van der Waals surface area (Å²) in [5.74, 6) is 0.769. The van der Waals surface area contributed by atoms with Gasteiger partial charge in [0.1, 0.15) is 11.9 Å². The van der Waals surface area contributed by atoms with Gasteiger partial charge >= 0.3 is 0 Å². The molecule has 0 spiro atoms. The molecule has 0 radical (unpaired) electrons. The van der Waals surface area contributed by atoms with Crippen LogP contribution < -0.4 is 5.32 Å². The molecule has 0 saturated heterocycles. The number of hydrogen-bond donors (Lipinski definition) is 1.